The van der Waals surface area contributed by atoms with Crippen LogP contribution in [0.5, 0.6) is 0 Å². The van der Waals surface area contributed by atoms with Crippen molar-refractivity contribution in [2.45, 2.75) is 32.5 Å². The van der Waals surface area contributed by atoms with Crippen molar-refractivity contribution in [3.8, 4) is 0 Å². The van der Waals surface area contributed by atoms with Crippen molar-refractivity contribution in [2.24, 2.45) is 0 Å². The number of amides is 3. The maximum atomic E-state index is 12.8. The smallest absolute Gasteiger partial charge is 0.252 e. The molecule has 1 fully saturated rings. The summed E-state index contributed by atoms with van der Waals surface area (Å²) in [5, 5.41) is 0. The van der Waals surface area contributed by atoms with Gasteiger partial charge in [-0.15, -0.1) is 0 Å². The molecule has 25 heavy (non-hydrogen) atoms. The van der Waals surface area contributed by atoms with Crippen LogP contribution in [-0.2, 0) is 27.5 Å². The first-order chi connectivity index (χ1) is 12.1. The van der Waals surface area contributed by atoms with Crippen LogP contribution in [0.15, 0.2) is 60.7 Å². The number of hydrogen-bond acceptors (Lipinski definition) is 3. The van der Waals surface area contributed by atoms with Crippen LogP contribution in [0.3, 0.4) is 0 Å². The number of hydrogen-bond donors (Lipinski definition) is 0. The lowest BCUT2D eigenvalue weighted by molar-refractivity contribution is -0.144. The summed E-state index contributed by atoms with van der Waals surface area (Å²) in [6.45, 7) is 1.99. The predicted molar refractivity (Wildman–Crippen MR) is 93.1 cm³/mol. The van der Waals surface area contributed by atoms with Gasteiger partial charge in [-0.3, -0.25) is 19.3 Å². The molecule has 3 amide bonds. The Morgan fingerprint density at radius 3 is 2.12 bits per heavy atom. The number of nitrogens with zero attached hydrogens (tertiary/aromatic N) is 2. The van der Waals surface area contributed by atoms with Crippen LogP contribution in [0.25, 0.3) is 0 Å². The highest BCUT2D eigenvalue weighted by Crippen LogP contribution is 2.23. The van der Waals surface area contributed by atoms with Gasteiger partial charge >= 0.3 is 0 Å². The minimum Gasteiger partial charge on any atom is -0.326 e. The number of imide groups is 1. The van der Waals surface area contributed by atoms with Crippen molar-refractivity contribution in [2.75, 3.05) is 0 Å². The molecule has 2 aromatic carbocycles. The van der Waals surface area contributed by atoms with Crippen LogP contribution >= 0.6 is 0 Å². The third-order valence-corrected chi connectivity index (χ3v) is 4.38. The fourth-order valence-electron chi connectivity index (χ4n) is 3.06. The largest absolute Gasteiger partial charge is 0.326 e. The molecule has 2 aromatic rings. The van der Waals surface area contributed by atoms with Crippen molar-refractivity contribution in [3.63, 3.8) is 0 Å². The topological polar surface area (TPSA) is 57.7 Å². The van der Waals surface area contributed by atoms with Crippen LogP contribution in [-0.4, -0.2) is 33.6 Å². The zero-order chi connectivity index (χ0) is 17.8. The molecule has 0 aliphatic carbocycles. The second kappa shape index (κ2) is 7.30. The average molecular weight is 336 g/mol. The van der Waals surface area contributed by atoms with E-state index in [-0.39, 0.29) is 30.7 Å². The van der Waals surface area contributed by atoms with Crippen molar-refractivity contribution >= 4 is 17.7 Å². The Bertz CT molecular complexity index is 774. The summed E-state index contributed by atoms with van der Waals surface area (Å²) in [7, 11) is 0. The highest BCUT2D eigenvalue weighted by atomic mass is 16.2. The summed E-state index contributed by atoms with van der Waals surface area (Å²) in [6.07, 6.45) is 0.0398. The van der Waals surface area contributed by atoms with E-state index in [9.17, 15) is 14.4 Å². The Hall–Kier alpha value is -2.95. The van der Waals surface area contributed by atoms with E-state index >= 15 is 0 Å². The summed E-state index contributed by atoms with van der Waals surface area (Å²) in [5.41, 5.74) is 1.82. The Morgan fingerprint density at radius 1 is 1.00 bits per heavy atom. The van der Waals surface area contributed by atoms with E-state index in [0.29, 0.717) is 6.54 Å². The zero-order valence-electron chi connectivity index (χ0n) is 14.1. The standard InChI is InChI=1S/C20H20N2O3/c1-15(23)21(13-16-8-4-2-5-9-16)18-12-19(24)22(20(18)25)14-17-10-6-3-7-11-17/h2-11,18H,12-14H2,1H3/t18-/m0/s1. The van der Waals surface area contributed by atoms with E-state index in [1.165, 1.54) is 16.7 Å². The van der Waals surface area contributed by atoms with Gasteiger partial charge in [-0.05, 0) is 11.1 Å². The molecule has 0 saturated carbocycles. The Balaban J connectivity index is 1.77. The summed E-state index contributed by atoms with van der Waals surface area (Å²) in [4.78, 5) is 39.9. The Kier molecular flexibility index (Phi) is 4.93. The summed E-state index contributed by atoms with van der Waals surface area (Å²) in [6, 6.07) is 18.1. The van der Waals surface area contributed by atoms with E-state index in [1.807, 2.05) is 60.7 Å². The lowest BCUT2D eigenvalue weighted by atomic mass is 10.1. The van der Waals surface area contributed by atoms with Crippen molar-refractivity contribution in [1.29, 1.82) is 0 Å². The fourth-order valence-corrected chi connectivity index (χ4v) is 3.06. The molecule has 0 aromatic heterocycles. The Labute approximate surface area is 146 Å². The third-order valence-electron chi connectivity index (χ3n) is 4.38. The molecular weight excluding hydrogens is 316 g/mol. The van der Waals surface area contributed by atoms with E-state index in [1.54, 1.807) is 0 Å². The molecule has 3 rings (SSSR count). The lowest BCUT2D eigenvalue weighted by Gasteiger charge is -2.26. The van der Waals surface area contributed by atoms with Gasteiger partial charge in [-0.1, -0.05) is 60.7 Å². The zero-order valence-corrected chi connectivity index (χ0v) is 14.1. The number of rotatable bonds is 5. The molecule has 1 heterocycles. The maximum absolute atomic E-state index is 12.8. The van der Waals surface area contributed by atoms with Gasteiger partial charge in [0.05, 0.1) is 13.0 Å². The maximum Gasteiger partial charge on any atom is 0.252 e. The number of carbonyl (C=O) groups excluding carboxylic acids is 3. The van der Waals surface area contributed by atoms with Gasteiger partial charge in [0.25, 0.3) is 5.91 Å². The first kappa shape index (κ1) is 16.9. The van der Waals surface area contributed by atoms with E-state index in [4.69, 9.17) is 0 Å². The quantitative estimate of drug-likeness (QED) is 0.788. The molecule has 1 aliphatic rings. The van der Waals surface area contributed by atoms with Crippen LogP contribution in [0.4, 0.5) is 0 Å². The molecule has 5 nitrogen and oxygen atoms in total. The highest BCUT2D eigenvalue weighted by Gasteiger charge is 2.42. The van der Waals surface area contributed by atoms with Crippen molar-refractivity contribution in [3.05, 3.63) is 71.8 Å². The fraction of sp³-hybridized carbons (Fsp3) is 0.250. The summed E-state index contributed by atoms with van der Waals surface area (Å²) < 4.78 is 0. The molecule has 1 atom stereocenters. The molecule has 0 radical (unpaired) electrons. The van der Waals surface area contributed by atoms with E-state index in [0.717, 1.165) is 11.1 Å². The highest BCUT2D eigenvalue weighted by molar-refractivity contribution is 6.06. The van der Waals surface area contributed by atoms with Gasteiger partial charge in [-0.25, -0.2) is 0 Å². The van der Waals surface area contributed by atoms with Crippen LogP contribution in [0.2, 0.25) is 0 Å². The molecule has 5 heteroatoms. The Morgan fingerprint density at radius 2 is 1.56 bits per heavy atom. The lowest BCUT2D eigenvalue weighted by Crippen LogP contribution is -2.43. The van der Waals surface area contributed by atoms with Crippen molar-refractivity contribution < 1.29 is 14.4 Å². The predicted octanol–water partition coefficient (Wildman–Crippen LogP) is 2.36. The minimum absolute atomic E-state index is 0.0398. The number of likely N-dealkylation sites (tertiary alicyclic amines) is 1. The van der Waals surface area contributed by atoms with Crippen LogP contribution in [0, 0.1) is 0 Å². The van der Waals surface area contributed by atoms with E-state index in [2.05, 4.69) is 0 Å². The molecule has 0 spiro atoms. The molecular formula is C20H20N2O3. The van der Waals surface area contributed by atoms with Crippen molar-refractivity contribution in [1.82, 2.24) is 9.80 Å². The summed E-state index contributed by atoms with van der Waals surface area (Å²) >= 11 is 0. The van der Waals surface area contributed by atoms with Crippen LogP contribution in [0.1, 0.15) is 24.5 Å². The normalized spacial score (nSPS) is 17.0. The minimum atomic E-state index is -0.728. The van der Waals surface area contributed by atoms with Gasteiger partial charge < -0.3 is 4.90 Å². The first-order valence-corrected chi connectivity index (χ1v) is 8.25. The van der Waals surface area contributed by atoms with Gasteiger partial charge in [0.15, 0.2) is 0 Å². The summed E-state index contributed by atoms with van der Waals surface area (Å²) in [5.74, 6) is -0.755. The average Bonchev–Trinajstić information content (AvgIpc) is 2.89. The second-order valence-corrected chi connectivity index (χ2v) is 6.16. The second-order valence-electron chi connectivity index (χ2n) is 6.16. The monoisotopic (exact) mass is 336 g/mol. The van der Waals surface area contributed by atoms with Gasteiger partial charge in [-0.2, -0.15) is 0 Å². The SMILES string of the molecule is CC(=O)N(Cc1ccccc1)[C@H]1CC(=O)N(Cc2ccccc2)C1=O. The first-order valence-electron chi connectivity index (χ1n) is 8.25. The van der Waals surface area contributed by atoms with Gasteiger partial charge in [0.2, 0.25) is 11.8 Å². The number of benzene rings is 2. The third kappa shape index (κ3) is 3.76. The molecule has 1 aliphatic heterocycles. The molecule has 1 saturated heterocycles. The van der Waals surface area contributed by atoms with Gasteiger partial charge in [0, 0.05) is 13.5 Å². The molecule has 0 unspecified atom stereocenters. The van der Waals surface area contributed by atoms with E-state index < -0.39 is 6.04 Å². The number of carbonyl (C=O) groups is 3. The molecule has 0 N–H and O–H groups in total. The molecule has 0 bridgehead atoms. The van der Waals surface area contributed by atoms with Crippen LogP contribution < -0.4 is 0 Å². The molecule has 128 valence electrons. The van der Waals surface area contributed by atoms with Gasteiger partial charge in [0.1, 0.15) is 6.04 Å².